The van der Waals surface area contributed by atoms with Crippen LogP contribution in [-0.4, -0.2) is 31.0 Å². The zero-order valence-electron chi connectivity index (χ0n) is 17.0. The molecule has 0 atom stereocenters. The van der Waals surface area contributed by atoms with E-state index < -0.39 is 17.7 Å². The maximum atomic E-state index is 12.6. The predicted octanol–water partition coefficient (Wildman–Crippen LogP) is 3.80. The maximum Gasteiger partial charge on any atom is 0.329 e. The number of ether oxygens (including phenoxy) is 1. The molecular formula is C23H19BrN4O4. The molecule has 32 heavy (non-hydrogen) atoms. The van der Waals surface area contributed by atoms with Gasteiger partial charge in [0, 0.05) is 15.7 Å². The molecule has 0 saturated carbocycles. The first kappa shape index (κ1) is 22.7. The topological polar surface area (TPSA) is 109 Å². The molecule has 0 fully saturated rings. The minimum absolute atomic E-state index is 0.193. The molecule has 0 unspecified atom stereocenters. The van der Waals surface area contributed by atoms with E-state index >= 15 is 0 Å². The number of hydrogen-bond acceptors (Lipinski definition) is 5. The molecule has 3 rings (SSSR count). The molecule has 0 radical (unpaired) electrons. The molecular weight excluding hydrogens is 476 g/mol. The normalized spacial score (nSPS) is 10.4. The van der Waals surface area contributed by atoms with Crippen LogP contribution in [0, 0.1) is 0 Å². The van der Waals surface area contributed by atoms with E-state index in [9.17, 15) is 14.4 Å². The molecule has 8 nitrogen and oxygen atoms in total. The highest BCUT2D eigenvalue weighted by molar-refractivity contribution is 9.10. The van der Waals surface area contributed by atoms with Crippen LogP contribution in [0.15, 0.2) is 82.4 Å². The Morgan fingerprint density at radius 2 is 1.62 bits per heavy atom. The lowest BCUT2D eigenvalue weighted by atomic mass is 10.1. The number of amides is 3. The van der Waals surface area contributed by atoms with E-state index in [1.165, 1.54) is 19.4 Å². The number of nitrogens with one attached hydrogen (secondary N) is 3. The Labute approximate surface area is 192 Å². The molecule has 0 aliphatic heterocycles. The minimum atomic E-state index is -0.992. The number of para-hydroxylation sites is 2. The number of carbonyl (C=O) groups is 3. The van der Waals surface area contributed by atoms with Crippen LogP contribution in [0.3, 0.4) is 0 Å². The minimum Gasteiger partial charge on any atom is -0.496 e. The zero-order chi connectivity index (χ0) is 22.9. The Kier molecular flexibility index (Phi) is 7.71. The number of halogens is 1. The molecule has 0 spiro atoms. The van der Waals surface area contributed by atoms with Gasteiger partial charge in [0.25, 0.3) is 5.91 Å². The Morgan fingerprint density at radius 1 is 0.906 bits per heavy atom. The lowest BCUT2D eigenvalue weighted by Gasteiger charge is -2.11. The summed E-state index contributed by atoms with van der Waals surface area (Å²) in [5, 5.41) is 8.98. The van der Waals surface area contributed by atoms with Gasteiger partial charge in [0.2, 0.25) is 0 Å². The first-order valence-corrected chi connectivity index (χ1v) is 10.2. The number of anilines is 2. The molecule has 0 aromatic heterocycles. The summed E-state index contributed by atoms with van der Waals surface area (Å²) in [6.45, 7) is 0. The lowest BCUT2D eigenvalue weighted by molar-refractivity contribution is -0.136. The van der Waals surface area contributed by atoms with E-state index in [2.05, 4.69) is 37.1 Å². The first-order valence-electron chi connectivity index (χ1n) is 9.41. The highest BCUT2D eigenvalue weighted by atomic mass is 79.9. The number of benzene rings is 3. The summed E-state index contributed by atoms with van der Waals surface area (Å²) in [5.41, 5.74) is 3.77. The van der Waals surface area contributed by atoms with Gasteiger partial charge in [0.15, 0.2) is 0 Å². The second kappa shape index (κ2) is 10.9. The molecule has 0 aliphatic carbocycles. The van der Waals surface area contributed by atoms with Crippen molar-refractivity contribution in [2.24, 2.45) is 5.10 Å². The Bertz CT molecular complexity index is 1170. The van der Waals surface area contributed by atoms with E-state index in [-0.39, 0.29) is 11.3 Å². The van der Waals surface area contributed by atoms with Crippen LogP contribution in [0.4, 0.5) is 11.4 Å². The van der Waals surface area contributed by atoms with Crippen molar-refractivity contribution in [1.82, 2.24) is 5.43 Å². The average molecular weight is 495 g/mol. The molecule has 3 amide bonds. The predicted molar refractivity (Wildman–Crippen MR) is 126 cm³/mol. The van der Waals surface area contributed by atoms with Gasteiger partial charge in [-0.05, 0) is 42.5 Å². The zero-order valence-corrected chi connectivity index (χ0v) is 18.5. The van der Waals surface area contributed by atoms with Crippen LogP contribution >= 0.6 is 15.9 Å². The first-order chi connectivity index (χ1) is 15.5. The lowest BCUT2D eigenvalue weighted by Crippen LogP contribution is -2.33. The Morgan fingerprint density at radius 3 is 2.38 bits per heavy atom. The van der Waals surface area contributed by atoms with Gasteiger partial charge in [-0.3, -0.25) is 14.4 Å². The number of hydrazone groups is 1. The standard InChI is InChI=1S/C23H19BrN4O4/c1-32-20-12-11-16(24)13-15(20)14-25-28-23(31)22(30)27-19-10-6-5-9-18(19)21(29)26-17-7-3-2-4-8-17/h2-14H,1H3,(H,26,29)(H,27,30)(H,28,31)/b25-14+. The molecule has 9 heteroatoms. The fourth-order valence-electron chi connectivity index (χ4n) is 2.71. The van der Waals surface area contributed by atoms with Crippen LogP contribution in [0.2, 0.25) is 0 Å². The third kappa shape index (κ3) is 6.02. The van der Waals surface area contributed by atoms with Crippen LogP contribution in [-0.2, 0) is 9.59 Å². The molecule has 3 N–H and O–H groups in total. The number of rotatable bonds is 6. The van der Waals surface area contributed by atoms with Crippen LogP contribution in [0.25, 0.3) is 0 Å². The van der Waals surface area contributed by atoms with Crippen molar-refractivity contribution in [3.63, 3.8) is 0 Å². The number of methoxy groups -OCH3 is 1. The van der Waals surface area contributed by atoms with E-state index in [1.54, 1.807) is 60.7 Å². The quantitative estimate of drug-likeness (QED) is 0.275. The van der Waals surface area contributed by atoms with Gasteiger partial charge in [-0.2, -0.15) is 5.10 Å². The third-order valence-corrected chi connectivity index (χ3v) is 4.71. The summed E-state index contributed by atoms with van der Waals surface area (Å²) in [6.07, 6.45) is 1.36. The molecule has 3 aromatic rings. The van der Waals surface area contributed by atoms with Gasteiger partial charge in [0.05, 0.1) is 24.6 Å². The second-order valence-corrected chi connectivity index (χ2v) is 7.32. The van der Waals surface area contributed by atoms with Gasteiger partial charge >= 0.3 is 11.8 Å². The fourth-order valence-corrected chi connectivity index (χ4v) is 3.09. The molecule has 0 bridgehead atoms. The van der Waals surface area contributed by atoms with Crippen molar-refractivity contribution in [3.05, 3.63) is 88.4 Å². The monoisotopic (exact) mass is 494 g/mol. The summed E-state index contributed by atoms with van der Waals surface area (Å²) in [7, 11) is 1.51. The van der Waals surface area contributed by atoms with Crippen molar-refractivity contribution in [1.29, 1.82) is 0 Å². The van der Waals surface area contributed by atoms with Gasteiger partial charge in [0.1, 0.15) is 5.75 Å². The van der Waals surface area contributed by atoms with Crippen LogP contribution in [0.1, 0.15) is 15.9 Å². The molecule has 0 aliphatic rings. The summed E-state index contributed by atoms with van der Waals surface area (Å²) >= 11 is 3.34. The van der Waals surface area contributed by atoms with Crippen molar-refractivity contribution in [3.8, 4) is 5.75 Å². The second-order valence-electron chi connectivity index (χ2n) is 6.41. The van der Waals surface area contributed by atoms with Crippen LogP contribution in [0.5, 0.6) is 5.75 Å². The van der Waals surface area contributed by atoms with E-state index in [4.69, 9.17) is 4.74 Å². The van der Waals surface area contributed by atoms with E-state index in [1.807, 2.05) is 6.07 Å². The average Bonchev–Trinajstić information content (AvgIpc) is 2.80. The fraction of sp³-hybridized carbons (Fsp3) is 0.0435. The SMILES string of the molecule is COc1ccc(Br)cc1/C=N/NC(=O)C(=O)Nc1ccccc1C(=O)Nc1ccccc1. The van der Waals surface area contributed by atoms with Gasteiger partial charge in [-0.15, -0.1) is 0 Å². The summed E-state index contributed by atoms with van der Waals surface area (Å²) in [4.78, 5) is 37.1. The van der Waals surface area contributed by atoms with Gasteiger partial charge < -0.3 is 15.4 Å². The molecule has 162 valence electrons. The molecule has 0 heterocycles. The Hall–Kier alpha value is -3.98. The van der Waals surface area contributed by atoms with Crippen molar-refractivity contribution >= 4 is 51.2 Å². The van der Waals surface area contributed by atoms with Gasteiger partial charge in [-0.1, -0.05) is 46.3 Å². The van der Waals surface area contributed by atoms with E-state index in [0.29, 0.717) is 17.0 Å². The number of carbonyl (C=O) groups excluding carboxylic acids is 3. The largest absolute Gasteiger partial charge is 0.496 e. The van der Waals surface area contributed by atoms with Gasteiger partial charge in [-0.25, -0.2) is 5.43 Å². The molecule has 0 saturated heterocycles. The maximum absolute atomic E-state index is 12.6. The summed E-state index contributed by atoms with van der Waals surface area (Å²) in [5.74, 6) is -1.84. The summed E-state index contributed by atoms with van der Waals surface area (Å²) < 4.78 is 6.02. The van der Waals surface area contributed by atoms with Crippen molar-refractivity contribution < 1.29 is 19.1 Å². The van der Waals surface area contributed by atoms with E-state index in [0.717, 1.165) is 4.47 Å². The number of hydrogen-bond donors (Lipinski definition) is 3. The number of nitrogens with zero attached hydrogens (tertiary/aromatic N) is 1. The highest BCUT2D eigenvalue weighted by Crippen LogP contribution is 2.21. The third-order valence-electron chi connectivity index (χ3n) is 4.22. The van der Waals surface area contributed by atoms with Crippen molar-refractivity contribution in [2.45, 2.75) is 0 Å². The smallest absolute Gasteiger partial charge is 0.329 e. The Balaban J connectivity index is 1.65. The molecule has 3 aromatic carbocycles. The van der Waals surface area contributed by atoms with Crippen LogP contribution < -0.4 is 20.8 Å². The highest BCUT2D eigenvalue weighted by Gasteiger charge is 2.17. The van der Waals surface area contributed by atoms with Crippen molar-refractivity contribution in [2.75, 3.05) is 17.7 Å². The summed E-state index contributed by atoms with van der Waals surface area (Å²) in [6, 6.07) is 20.5.